The van der Waals surface area contributed by atoms with Crippen molar-refractivity contribution in [3.8, 4) is 5.75 Å². The maximum Gasteiger partial charge on any atom is 0.419 e. The number of Topliss-reactive ketones (excluding diaryl/α,β-unsaturated/α-hetero) is 1. The molecular formula is C11H10BrF3O2. The van der Waals surface area contributed by atoms with Crippen molar-refractivity contribution in [2.45, 2.75) is 17.9 Å². The van der Waals surface area contributed by atoms with Crippen LogP contribution in [-0.4, -0.2) is 17.7 Å². The van der Waals surface area contributed by atoms with E-state index in [4.69, 9.17) is 4.74 Å². The van der Waals surface area contributed by atoms with E-state index in [1.807, 2.05) is 0 Å². The van der Waals surface area contributed by atoms with Gasteiger partial charge in [-0.2, -0.15) is 13.2 Å². The molecule has 0 saturated carbocycles. The van der Waals surface area contributed by atoms with Crippen molar-refractivity contribution in [1.82, 2.24) is 0 Å². The monoisotopic (exact) mass is 310 g/mol. The standard InChI is InChI=1S/C11H10BrF3O2/c1-6(12)9(16)7-4-3-5-8(10(7)17-2)11(13,14)15/h3-6H,1-2H3. The number of carbonyl (C=O) groups excluding carboxylic acids is 1. The molecule has 0 aliphatic heterocycles. The predicted octanol–water partition coefficient (Wildman–Crippen LogP) is 3.68. The Morgan fingerprint density at radius 2 is 2.00 bits per heavy atom. The van der Waals surface area contributed by atoms with Crippen molar-refractivity contribution < 1.29 is 22.7 Å². The molecule has 0 N–H and O–H groups in total. The van der Waals surface area contributed by atoms with E-state index in [0.29, 0.717) is 0 Å². The molecule has 0 radical (unpaired) electrons. The molecule has 0 aromatic heterocycles. The van der Waals surface area contributed by atoms with Gasteiger partial charge in [-0.15, -0.1) is 0 Å². The van der Waals surface area contributed by atoms with Crippen LogP contribution >= 0.6 is 15.9 Å². The van der Waals surface area contributed by atoms with Crippen molar-refractivity contribution in [3.63, 3.8) is 0 Å². The van der Waals surface area contributed by atoms with Gasteiger partial charge in [0.15, 0.2) is 5.78 Å². The molecule has 0 spiro atoms. The van der Waals surface area contributed by atoms with Crippen LogP contribution in [0.3, 0.4) is 0 Å². The Morgan fingerprint density at radius 1 is 1.41 bits per heavy atom. The van der Waals surface area contributed by atoms with E-state index in [1.165, 1.54) is 12.1 Å². The first-order chi connectivity index (χ1) is 7.79. The van der Waals surface area contributed by atoms with Crippen LogP contribution in [0.1, 0.15) is 22.8 Å². The van der Waals surface area contributed by atoms with E-state index >= 15 is 0 Å². The highest BCUT2D eigenvalue weighted by molar-refractivity contribution is 9.10. The minimum absolute atomic E-state index is 0.0771. The predicted molar refractivity (Wildman–Crippen MR) is 60.7 cm³/mol. The summed E-state index contributed by atoms with van der Waals surface area (Å²) in [5, 5.41) is 0. The highest BCUT2D eigenvalue weighted by Gasteiger charge is 2.36. The van der Waals surface area contributed by atoms with Crippen LogP contribution in [0.4, 0.5) is 13.2 Å². The van der Waals surface area contributed by atoms with E-state index < -0.39 is 28.1 Å². The Hall–Kier alpha value is -1.04. The lowest BCUT2D eigenvalue weighted by molar-refractivity contribution is -0.138. The van der Waals surface area contributed by atoms with Gasteiger partial charge in [0, 0.05) is 0 Å². The molecule has 1 aromatic carbocycles. The lowest BCUT2D eigenvalue weighted by atomic mass is 10.0. The topological polar surface area (TPSA) is 26.3 Å². The van der Waals surface area contributed by atoms with Crippen LogP contribution in [0.25, 0.3) is 0 Å². The van der Waals surface area contributed by atoms with Crippen molar-refractivity contribution >= 4 is 21.7 Å². The largest absolute Gasteiger partial charge is 0.495 e. The Balaban J connectivity index is 3.39. The molecule has 0 aliphatic rings. The fraction of sp³-hybridized carbons (Fsp3) is 0.364. The Kier molecular flexibility index (Phi) is 4.19. The fourth-order valence-corrected chi connectivity index (χ4v) is 1.64. The van der Waals surface area contributed by atoms with Gasteiger partial charge >= 0.3 is 6.18 Å². The van der Waals surface area contributed by atoms with Crippen molar-refractivity contribution in [1.29, 1.82) is 0 Å². The molecular weight excluding hydrogens is 301 g/mol. The molecule has 17 heavy (non-hydrogen) atoms. The van der Waals surface area contributed by atoms with E-state index in [2.05, 4.69) is 15.9 Å². The first kappa shape index (κ1) is 14.0. The summed E-state index contributed by atoms with van der Waals surface area (Å²) in [5.74, 6) is -0.885. The summed E-state index contributed by atoms with van der Waals surface area (Å²) < 4.78 is 42.7. The third kappa shape index (κ3) is 3.00. The van der Waals surface area contributed by atoms with Gasteiger partial charge in [0.2, 0.25) is 0 Å². The number of alkyl halides is 4. The second kappa shape index (κ2) is 5.08. The zero-order valence-electron chi connectivity index (χ0n) is 9.14. The molecule has 0 heterocycles. The van der Waals surface area contributed by atoms with Crippen molar-refractivity contribution in [3.05, 3.63) is 29.3 Å². The molecule has 1 aromatic rings. The molecule has 0 amide bonds. The van der Waals surface area contributed by atoms with E-state index in [0.717, 1.165) is 13.2 Å². The summed E-state index contributed by atoms with van der Waals surface area (Å²) >= 11 is 3.03. The second-order valence-electron chi connectivity index (χ2n) is 3.36. The summed E-state index contributed by atoms with van der Waals surface area (Å²) in [4.78, 5) is 11.1. The number of hydrogen-bond acceptors (Lipinski definition) is 2. The lowest BCUT2D eigenvalue weighted by Gasteiger charge is -2.15. The van der Waals surface area contributed by atoms with E-state index in [1.54, 1.807) is 6.92 Å². The summed E-state index contributed by atoms with van der Waals surface area (Å²) in [6, 6.07) is 3.39. The molecule has 1 unspecified atom stereocenters. The second-order valence-corrected chi connectivity index (χ2v) is 4.74. The third-order valence-corrected chi connectivity index (χ3v) is 2.57. The fourth-order valence-electron chi connectivity index (χ4n) is 1.39. The van der Waals surface area contributed by atoms with Crippen LogP contribution in [0.5, 0.6) is 5.75 Å². The van der Waals surface area contributed by atoms with Crippen LogP contribution in [0.2, 0.25) is 0 Å². The van der Waals surface area contributed by atoms with Crippen LogP contribution in [-0.2, 0) is 6.18 Å². The summed E-state index contributed by atoms with van der Waals surface area (Å²) in [6.45, 7) is 1.54. The van der Waals surface area contributed by atoms with Gasteiger partial charge in [-0.25, -0.2) is 0 Å². The number of para-hydroxylation sites is 1. The van der Waals surface area contributed by atoms with Gasteiger partial charge in [0.25, 0.3) is 0 Å². The normalized spacial score (nSPS) is 13.3. The molecule has 2 nitrogen and oxygen atoms in total. The number of benzene rings is 1. The van der Waals surface area contributed by atoms with Crippen molar-refractivity contribution in [2.75, 3.05) is 7.11 Å². The molecule has 0 aliphatic carbocycles. The van der Waals surface area contributed by atoms with Crippen molar-refractivity contribution in [2.24, 2.45) is 0 Å². The number of hydrogen-bond donors (Lipinski definition) is 0. The quantitative estimate of drug-likeness (QED) is 0.629. The van der Waals surface area contributed by atoms with Crippen LogP contribution < -0.4 is 4.74 Å². The minimum Gasteiger partial charge on any atom is -0.495 e. The summed E-state index contributed by atoms with van der Waals surface area (Å²) in [5.41, 5.74) is -1.02. The van der Waals surface area contributed by atoms with Gasteiger partial charge in [-0.1, -0.05) is 22.0 Å². The summed E-state index contributed by atoms with van der Waals surface area (Å²) in [6.07, 6.45) is -4.54. The van der Waals surface area contributed by atoms with Gasteiger partial charge in [-0.05, 0) is 19.1 Å². The zero-order chi connectivity index (χ0) is 13.2. The Labute approximate surface area is 105 Å². The first-order valence-electron chi connectivity index (χ1n) is 4.71. The number of ketones is 1. The molecule has 94 valence electrons. The number of carbonyl (C=O) groups is 1. The van der Waals surface area contributed by atoms with Gasteiger partial charge < -0.3 is 4.74 Å². The number of rotatable bonds is 3. The van der Waals surface area contributed by atoms with Crippen LogP contribution in [0, 0.1) is 0 Å². The number of ether oxygens (including phenoxy) is 1. The molecule has 0 bridgehead atoms. The smallest absolute Gasteiger partial charge is 0.419 e. The maximum atomic E-state index is 12.7. The Bertz CT molecular complexity index is 427. The average molecular weight is 311 g/mol. The molecule has 0 fully saturated rings. The van der Waals surface area contributed by atoms with E-state index in [-0.39, 0.29) is 5.56 Å². The molecule has 1 atom stereocenters. The highest BCUT2D eigenvalue weighted by Crippen LogP contribution is 2.38. The molecule has 1 rings (SSSR count). The van der Waals surface area contributed by atoms with Gasteiger partial charge in [0.1, 0.15) is 5.75 Å². The number of methoxy groups -OCH3 is 1. The minimum atomic E-state index is -4.54. The average Bonchev–Trinajstić information content (AvgIpc) is 2.25. The zero-order valence-corrected chi connectivity index (χ0v) is 10.7. The summed E-state index contributed by atoms with van der Waals surface area (Å²) in [7, 11) is 1.11. The number of halogens is 4. The first-order valence-corrected chi connectivity index (χ1v) is 5.63. The molecule has 0 saturated heterocycles. The SMILES string of the molecule is COc1c(C(=O)C(C)Br)cccc1C(F)(F)F. The molecule has 6 heteroatoms. The maximum absolute atomic E-state index is 12.7. The van der Waals surface area contributed by atoms with Gasteiger partial charge in [-0.3, -0.25) is 4.79 Å². The lowest BCUT2D eigenvalue weighted by Crippen LogP contribution is -2.15. The van der Waals surface area contributed by atoms with Crippen LogP contribution in [0.15, 0.2) is 18.2 Å². The van der Waals surface area contributed by atoms with Gasteiger partial charge in [0.05, 0.1) is 23.1 Å². The highest BCUT2D eigenvalue weighted by atomic mass is 79.9. The van der Waals surface area contributed by atoms with E-state index in [9.17, 15) is 18.0 Å². The third-order valence-electron chi connectivity index (χ3n) is 2.15. The Morgan fingerprint density at radius 3 is 2.41 bits per heavy atom.